The van der Waals surface area contributed by atoms with E-state index in [0.717, 1.165) is 54.7 Å². The molecule has 0 bridgehead atoms. The van der Waals surface area contributed by atoms with Gasteiger partial charge >= 0.3 is 0 Å². The SMILES string of the molecule is COc1ccc2c3c([nH]c2c1)[C@H](CO)N(Cc1ccc(Cl)cc1)CC31CN(Cc2ccccc2)C1. The molecule has 4 aromatic rings. The second-order valence-corrected chi connectivity index (χ2v) is 10.4. The van der Waals surface area contributed by atoms with Gasteiger partial charge in [-0.15, -0.1) is 0 Å². The number of aromatic amines is 1. The molecule has 180 valence electrons. The number of ether oxygens (including phenoxy) is 1. The molecule has 6 rings (SSSR count). The third-order valence-electron chi connectivity index (χ3n) is 7.62. The number of nitrogens with zero attached hydrogens (tertiary/aromatic N) is 2. The molecule has 2 N–H and O–H groups in total. The summed E-state index contributed by atoms with van der Waals surface area (Å²) in [5, 5.41) is 12.5. The van der Waals surface area contributed by atoms with E-state index in [9.17, 15) is 5.11 Å². The van der Waals surface area contributed by atoms with Crippen LogP contribution >= 0.6 is 11.6 Å². The fourth-order valence-corrected chi connectivity index (χ4v) is 6.25. The molecule has 0 saturated carbocycles. The van der Waals surface area contributed by atoms with E-state index in [4.69, 9.17) is 16.3 Å². The van der Waals surface area contributed by atoms with Gasteiger partial charge in [-0.05, 0) is 41.0 Å². The van der Waals surface area contributed by atoms with Gasteiger partial charge in [0.15, 0.2) is 0 Å². The maximum absolute atomic E-state index is 10.5. The summed E-state index contributed by atoms with van der Waals surface area (Å²) in [5.74, 6) is 0.836. The molecule has 2 aliphatic heterocycles. The van der Waals surface area contributed by atoms with Crippen molar-refractivity contribution in [2.75, 3.05) is 33.4 Å². The van der Waals surface area contributed by atoms with Crippen molar-refractivity contribution in [2.24, 2.45) is 0 Å². The summed E-state index contributed by atoms with van der Waals surface area (Å²) in [5.41, 5.74) is 6.12. The van der Waals surface area contributed by atoms with Crippen molar-refractivity contribution >= 4 is 22.5 Å². The van der Waals surface area contributed by atoms with E-state index in [1.165, 1.54) is 22.1 Å². The van der Waals surface area contributed by atoms with Crippen molar-refractivity contribution in [3.63, 3.8) is 0 Å². The minimum absolute atomic E-state index is 0.00898. The Morgan fingerprint density at radius 3 is 2.43 bits per heavy atom. The van der Waals surface area contributed by atoms with E-state index in [0.29, 0.717) is 0 Å². The van der Waals surface area contributed by atoms with Crippen LogP contribution in [-0.2, 0) is 18.5 Å². The molecule has 0 aliphatic carbocycles. The molecule has 2 aliphatic rings. The number of fused-ring (bicyclic) bond motifs is 4. The summed E-state index contributed by atoms with van der Waals surface area (Å²) < 4.78 is 5.49. The van der Waals surface area contributed by atoms with Crippen molar-refractivity contribution in [1.29, 1.82) is 0 Å². The normalized spacial score (nSPS) is 19.6. The first-order valence-corrected chi connectivity index (χ1v) is 12.5. The van der Waals surface area contributed by atoms with Crippen LogP contribution in [0.4, 0.5) is 0 Å². The van der Waals surface area contributed by atoms with Gasteiger partial charge in [0, 0.05) is 65.8 Å². The molecule has 1 aromatic heterocycles. The number of aliphatic hydroxyl groups excluding tert-OH is 1. The second-order valence-electron chi connectivity index (χ2n) is 9.97. The highest BCUT2D eigenvalue weighted by atomic mass is 35.5. The molecular weight excluding hydrogens is 458 g/mol. The van der Waals surface area contributed by atoms with Crippen LogP contribution in [0.2, 0.25) is 5.02 Å². The maximum Gasteiger partial charge on any atom is 0.120 e. The predicted octanol–water partition coefficient (Wildman–Crippen LogP) is 5.13. The molecule has 1 spiro atoms. The largest absolute Gasteiger partial charge is 0.497 e. The van der Waals surface area contributed by atoms with E-state index in [2.05, 4.69) is 69.4 Å². The summed E-state index contributed by atoms with van der Waals surface area (Å²) in [6.07, 6.45) is 0. The van der Waals surface area contributed by atoms with E-state index < -0.39 is 0 Å². The number of benzene rings is 3. The Morgan fingerprint density at radius 1 is 0.971 bits per heavy atom. The molecule has 0 radical (unpaired) electrons. The lowest BCUT2D eigenvalue weighted by molar-refractivity contribution is -0.0119. The number of methoxy groups -OCH3 is 1. The van der Waals surface area contributed by atoms with Crippen LogP contribution < -0.4 is 4.74 Å². The molecule has 35 heavy (non-hydrogen) atoms. The summed E-state index contributed by atoms with van der Waals surface area (Å²) >= 11 is 6.13. The summed E-state index contributed by atoms with van der Waals surface area (Å²) in [6, 6.07) is 24.9. The molecule has 5 nitrogen and oxygen atoms in total. The number of H-pyrrole nitrogens is 1. The summed E-state index contributed by atoms with van der Waals surface area (Å²) in [4.78, 5) is 8.64. The number of halogens is 1. The minimum Gasteiger partial charge on any atom is -0.497 e. The van der Waals surface area contributed by atoms with E-state index in [1.54, 1.807) is 7.11 Å². The molecular formula is C29H30ClN3O2. The van der Waals surface area contributed by atoms with Gasteiger partial charge < -0.3 is 14.8 Å². The van der Waals surface area contributed by atoms with Crippen LogP contribution in [0.1, 0.15) is 28.4 Å². The van der Waals surface area contributed by atoms with Gasteiger partial charge in [0.05, 0.1) is 19.8 Å². The van der Waals surface area contributed by atoms with Gasteiger partial charge in [0.25, 0.3) is 0 Å². The average Bonchev–Trinajstić information content (AvgIpc) is 3.24. The zero-order valence-corrected chi connectivity index (χ0v) is 20.6. The Morgan fingerprint density at radius 2 is 1.71 bits per heavy atom. The van der Waals surface area contributed by atoms with Gasteiger partial charge in [-0.1, -0.05) is 54.1 Å². The van der Waals surface area contributed by atoms with Gasteiger partial charge in [-0.3, -0.25) is 9.80 Å². The van der Waals surface area contributed by atoms with Gasteiger partial charge in [0.2, 0.25) is 0 Å². The molecule has 0 unspecified atom stereocenters. The van der Waals surface area contributed by atoms with Crippen molar-refractivity contribution in [1.82, 2.24) is 14.8 Å². The third-order valence-corrected chi connectivity index (χ3v) is 7.87. The van der Waals surface area contributed by atoms with Crippen molar-refractivity contribution < 1.29 is 9.84 Å². The number of aromatic nitrogens is 1. The number of hydrogen-bond donors (Lipinski definition) is 2. The third kappa shape index (κ3) is 4.03. The van der Waals surface area contributed by atoms with Crippen molar-refractivity contribution in [2.45, 2.75) is 24.5 Å². The fourth-order valence-electron chi connectivity index (χ4n) is 6.12. The highest BCUT2D eigenvalue weighted by molar-refractivity contribution is 6.30. The Hall–Kier alpha value is -2.83. The lowest BCUT2D eigenvalue weighted by Crippen LogP contribution is -2.65. The maximum atomic E-state index is 10.5. The summed E-state index contributed by atoms with van der Waals surface area (Å²) in [7, 11) is 1.70. The van der Waals surface area contributed by atoms with E-state index in [-0.39, 0.29) is 18.1 Å². The van der Waals surface area contributed by atoms with Crippen LogP contribution in [0.25, 0.3) is 10.9 Å². The number of aliphatic hydroxyl groups is 1. The first-order chi connectivity index (χ1) is 17.1. The highest BCUT2D eigenvalue weighted by Gasteiger charge is 2.52. The first kappa shape index (κ1) is 22.6. The monoisotopic (exact) mass is 487 g/mol. The molecule has 3 heterocycles. The zero-order valence-electron chi connectivity index (χ0n) is 19.9. The van der Waals surface area contributed by atoms with Crippen LogP contribution in [-0.4, -0.2) is 53.2 Å². The molecule has 0 amide bonds. The highest BCUT2D eigenvalue weighted by Crippen LogP contribution is 2.49. The van der Waals surface area contributed by atoms with Crippen LogP contribution in [0.3, 0.4) is 0 Å². The number of rotatable bonds is 6. The molecule has 6 heteroatoms. The number of hydrogen-bond acceptors (Lipinski definition) is 4. The lowest BCUT2D eigenvalue weighted by atomic mass is 9.68. The van der Waals surface area contributed by atoms with Gasteiger partial charge in [-0.25, -0.2) is 0 Å². The first-order valence-electron chi connectivity index (χ1n) is 12.1. The molecule has 1 fully saturated rings. The Bertz CT molecular complexity index is 1330. The van der Waals surface area contributed by atoms with E-state index in [1.807, 2.05) is 18.2 Å². The Balaban J connectivity index is 1.38. The standard InChI is InChI=1S/C29H30ClN3O2/c1-35-23-11-12-24-25(13-23)31-28-26(16-34)33(15-21-7-9-22(30)10-8-21)19-29(27(24)28)17-32(18-29)14-20-5-3-2-4-6-20/h2-13,26,31,34H,14-19H2,1H3/t26-/m0/s1. The smallest absolute Gasteiger partial charge is 0.120 e. The number of nitrogens with one attached hydrogen (secondary N) is 1. The zero-order chi connectivity index (χ0) is 24.0. The second kappa shape index (κ2) is 8.99. The van der Waals surface area contributed by atoms with Crippen molar-refractivity contribution in [3.8, 4) is 5.75 Å². The molecule has 3 aromatic carbocycles. The van der Waals surface area contributed by atoms with Gasteiger partial charge in [-0.2, -0.15) is 0 Å². The molecule has 1 atom stereocenters. The van der Waals surface area contributed by atoms with Crippen LogP contribution in [0.15, 0.2) is 72.8 Å². The Kier molecular flexibility index (Phi) is 5.81. The fraction of sp³-hybridized carbons (Fsp3) is 0.310. The van der Waals surface area contributed by atoms with E-state index >= 15 is 0 Å². The molecule has 1 saturated heterocycles. The summed E-state index contributed by atoms with van der Waals surface area (Å²) in [6.45, 7) is 4.66. The quantitative estimate of drug-likeness (QED) is 0.396. The topological polar surface area (TPSA) is 51.7 Å². The predicted molar refractivity (Wildman–Crippen MR) is 140 cm³/mol. The van der Waals surface area contributed by atoms with Crippen molar-refractivity contribution in [3.05, 3.63) is 100 Å². The minimum atomic E-state index is -0.0899. The lowest BCUT2D eigenvalue weighted by Gasteiger charge is -2.56. The average molecular weight is 488 g/mol. The van der Waals surface area contributed by atoms with Crippen LogP contribution in [0, 0.1) is 0 Å². The Labute approximate surface area is 210 Å². The van der Waals surface area contributed by atoms with Crippen LogP contribution in [0.5, 0.6) is 5.75 Å². The van der Waals surface area contributed by atoms with Gasteiger partial charge in [0.1, 0.15) is 5.75 Å². The number of likely N-dealkylation sites (tertiary alicyclic amines) is 1.